The largest absolute Gasteiger partial charge is 0.471 e. The molecule has 0 radical (unpaired) electrons. The number of alkyl halides is 3. The van der Waals surface area contributed by atoms with Gasteiger partial charge in [-0.2, -0.15) is 18.2 Å². The predicted octanol–water partition coefficient (Wildman–Crippen LogP) is 2.51. The number of benzene rings is 1. The van der Waals surface area contributed by atoms with E-state index < -0.39 is 12.1 Å². The summed E-state index contributed by atoms with van der Waals surface area (Å²) in [5.41, 5.74) is 0.613. The first-order chi connectivity index (χ1) is 13.9. The van der Waals surface area contributed by atoms with Gasteiger partial charge in [-0.25, -0.2) is 4.98 Å². The molecule has 1 aliphatic rings. The molecular weight excluding hydrogens is 389 g/mol. The van der Waals surface area contributed by atoms with E-state index in [1.807, 2.05) is 4.90 Å². The SMILES string of the molecule is O=C(c1cccc(-c2noc(C(F)(F)F)n2)c1)N1CCN(c2cnccn2)CC1. The number of carbonyl (C=O) groups excluding carboxylic acids is 1. The van der Waals surface area contributed by atoms with Gasteiger partial charge in [0.25, 0.3) is 5.91 Å². The first kappa shape index (κ1) is 18.8. The van der Waals surface area contributed by atoms with Gasteiger partial charge in [0, 0.05) is 49.7 Å². The van der Waals surface area contributed by atoms with E-state index in [2.05, 4.69) is 24.6 Å². The fraction of sp³-hybridized carbons (Fsp3) is 0.278. The molecule has 0 N–H and O–H groups in total. The van der Waals surface area contributed by atoms with Crippen LogP contribution in [-0.2, 0) is 6.18 Å². The van der Waals surface area contributed by atoms with Crippen LogP contribution in [0.5, 0.6) is 0 Å². The minimum absolute atomic E-state index is 0.217. The Balaban J connectivity index is 1.46. The molecule has 8 nitrogen and oxygen atoms in total. The molecule has 2 aromatic heterocycles. The number of hydrogen-bond acceptors (Lipinski definition) is 7. The van der Waals surface area contributed by atoms with Crippen molar-refractivity contribution in [3.05, 3.63) is 54.3 Å². The lowest BCUT2D eigenvalue weighted by Crippen LogP contribution is -2.49. The van der Waals surface area contributed by atoms with E-state index in [9.17, 15) is 18.0 Å². The molecule has 1 aromatic carbocycles. The van der Waals surface area contributed by atoms with Crippen molar-refractivity contribution in [1.82, 2.24) is 25.0 Å². The lowest BCUT2D eigenvalue weighted by Gasteiger charge is -2.35. The van der Waals surface area contributed by atoms with Crippen molar-refractivity contribution in [3.8, 4) is 11.4 Å². The van der Waals surface area contributed by atoms with Gasteiger partial charge in [-0.05, 0) is 12.1 Å². The second kappa shape index (κ2) is 7.49. The quantitative estimate of drug-likeness (QED) is 0.663. The predicted molar refractivity (Wildman–Crippen MR) is 94.9 cm³/mol. The van der Waals surface area contributed by atoms with Gasteiger partial charge in [-0.15, -0.1) is 0 Å². The van der Waals surface area contributed by atoms with Crippen molar-refractivity contribution >= 4 is 11.7 Å². The molecule has 29 heavy (non-hydrogen) atoms. The fourth-order valence-corrected chi connectivity index (χ4v) is 3.02. The van der Waals surface area contributed by atoms with Gasteiger partial charge in [0.05, 0.1) is 6.20 Å². The van der Waals surface area contributed by atoms with Crippen LogP contribution >= 0.6 is 0 Å². The number of nitrogens with zero attached hydrogens (tertiary/aromatic N) is 6. The molecule has 1 aliphatic heterocycles. The van der Waals surface area contributed by atoms with Gasteiger partial charge in [-0.3, -0.25) is 9.78 Å². The van der Waals surface area contributed by atoms with E-state index in [4.69, 9.17) is 0 Å². The average molecular weight is 404 g/mol. The van der Waals surface area contributed by atoms with Crippen LogP contribution in [0.25, 0.3) is 11.4 Å². The number of halogens is 3. The smallest absolute Gasteiger partial charge is 0.352 e. The van der Waals surface area contributed by atoms with E-state index in [1.54, 1.807) is 35.6 Å². The highest BCUT2D eigenvalue weighted by atomic mass is 19.4. The Hall–Kier alpha value is -3.50. The van der Waals surface area contributed by atoms with Crippen LogP contribution in [0.1, 0.15) is 16.2 Å². The van der Waals surface area contributed by atoms with Crippen LogP contribution in [0.15, 0.2) is 47.4 Å². The molecule has 0 unspecified atom stereocenters. The standard InChI is InChI=1S/C18H15F3N6O2/c19-18(20,21)17-24-15(25-29-17)12-2-1-3-13(10-12)16(28)27-8-6-26(7-9-27)14-11-22-4-5-23-14/h1-5,10-11H,6-9H2. The highest BCUT2D eigenvalue weighted by Gasteiger charge is 2.38. The zero-order valence-electron chi connectivity index (χ0n) is 15.0. The molecule has 1 saturated heterocycles. The van der Waals surface area contributed by atoms with Crippen LogP contribution in [0, 0.1) is 0 Å². The summed E-state index contributed by atoms with van der Waals surface area (Å²) < 4.78 is 42.2. The number of rotatable bonds is 3. The van der Waals surface area contributed by atoms with Gasteiger partial charge in [0.15, 0.2) is 0 Å². The zero-order chi connectivity index (χ0) is 20.4. The summed E-state index contributed by atoms with van der Waals surface area (Å²) in [6.07, 6.45) is 0.153. The number of anilines is 1. The minimum Gasteiger partial charge on any atom is -0.352 e. The molecular formula is C18H15F3N6O2. The van der Waals surface area contributed by atoms with Crippen molar-refractivity contribution < 1.29 is 22.5 Å². The maximum atomic E-state index is 12.8. The van der Waals surface area contributed by atoms with Crippen molar-refractivity contribution in [3.63, 3.8) is 0 Å². The normalized spacial score (nSPS) is 14.9. The number of piperazine rings is 1. The molecule has 1 amide bonds. The Kier molecular flexibility index (Phi) is 4.87. The molecule has 0 spiro atoms. The maximum Gasteiger partial charge on any atom is 0.471 e. The second-order valence-corrected chi connectivity index (χ2v) is 6.34. The third-order valence-electron chi connectivity index (χ3n) is 4.48. The van der Waals surface area contributed by atoms with Crippen molar-refractivity contribution in [1.29, 1.82) is 0 Å². The first-order valence-corrected chi connectivity index (χ1v) is 8.73. The minimum atomic E-state index is -4.72. The summed E-state index contributed by atoms with van der Waals surface area (Å²) in [5.74, 6) is -1.12. The summed E-state index contributed by atoms with van der Waals surface area (Å²) in [4.78, 5) is 28.2. The molecule has 3 heterocycles. The monoisotopic (exact) mass is 404 g/mol. The number of hydrogen-bond donors (Lipinski definition) is 0. The van der Waals surface area contributed by atoms with Crippen molar-refractivity contribution in [2.75, 3.05) is 31.1 Å². The van der Waals surface area contributed by atoms with Crippen LogP contribution in [-0.4, -0.2) is 57.1 Å². The Morgan fingerprint density at radius 3 is 2.55 bits per heavy atom. The fourth-order valence-electron chi connectivity index (χ4n) is 3.02. The van der Waals surface area contributed by atoms with Gasteiger partial charge in [-0.1, -0.05) is 17.3 Å². The Morgan fingerprint density at radius 2 is 1.90 bits per heavy atom. The zero-order valence-corrected chi connectivity index (χ0v) is 15.0. The topological polar surface area (TPSA) is 88.3 Å². The highest BCUT2D eigenvalue weighted by molar-refractivity contribution is 5.95. The van der Waals surface area contributed by atoms with E-state index in [1.165, 1.54) is 12.1 Å². The van der Waals surface area contributed by atoms with E-state index in [0.29, 0.717) is 31.7 Å². The molecule has 0 saturated carbocycles. The number of carbonyl (C=O) groups is 1. The van der Waals surface area contributed by atoms with Crippen LogP contribution in [0.4, 0.5) is 19.0 Å². The molecule has 1 fully saturated rings. The Morgan fingerprint density at radius 1 is 1.10 bits per heavy atom. The molecule has 0 bridgehead atoms. The van der Waals surface area contributed by atoms with Gasteiger partial charge in [0.1, 0.15) is 5.82 Å². The van der Waals surface area contributed by atoms with Crippen LogP contribution < -0.4 is 4.90 Å². The lowest BCUT2D eigenvalue weighted by molar-refractivity contribution is -0.159. The summed E-state index contributed by atoms with van der Waals surface area (Å²) in [6.45, 7) is 2.17. The van der Waals surface area contributed by atoms with Crippen LogP contribution in [0.3, 0.4) is 0 Å². The first-order valence-electron chi connectivity index (χ1n) is 8.73. The highest BCUT2D eigenvalue weighted by Crippen LogP contribution is 2.29. The molecule has 11 heteroatoms. The van der Waals surface area contributed by atoms with Gasteiger partial charge >= 0.3 is 12.1 Å². The number of aromatic nitrogens is 4. The Bertz CT molecular complexity index is 1000. The third-order valence-corrected chi connectivity index (χ3v) is 4.48. The molecule has 150 valence electrons. The molecule has 0 aliphatic carbocycles. The third kappa shape index (κ3) is 4.03. The molecule has 3 aromatic rings. The summed E-state index contributed by atoms with van der Waals surface area (Å²) >= 11 is 0. The number of amides is 1. The maximum absolute atomic E-state index is 12.8. The summed E-state index contributed by atoms with van der Waals surface area (Å²) in [7, 11) is 0. The summed E-state index contributed by atoms with van der Waals surface area (Å²) in [5, 5.41) is 3.36. The van der Waals surface area contributed by atoms with E-state index in [0.717, 1.165) is 5.82 Å². The molecule has 4 rings (SSSR count). The van der Waals surface area contributed by atoms with Crippen LogP contribution in [0.2, 0.25) is 0 Å². The summed E-state index contributed by atoms with van der Waals surface area (Å²) in [6, 6.07) is 6.16. The average Bonchev–Trinajstić information content (AvgIpc) is 3.25. The second-order valence-electron chi connectivity index (χ2n) is 6.34. The van der Waals surface area contributed by atoms with Crippen molar-refractivity contribution in [2.24, 2.45) is 0 Å². The lowest BCUT2D eigenvalue weighted by atomic mass is 10.1. The van der Waals surface area contributed by atoms with Gasteiger partial charge in [0.2, 0.25) is 5.82 Å². The Labute approximate surface area is 163 Å². The van der Waals surface area contributed by atoms with Crippen molar-refractivity contribution in [2.45, 2.75) is 6.18 Å². The van der Waals surface area contributed by atoms with Gasteiger partial charge < -0.3 is 14.3 Å². The van der Waals surface area contributed by atoms with E-state index >= 15 is 0 Å². The molecule has 0 atom stereocenters. The van der Waals surface area contributed by atoms with E-state index in [-0.39, 0.29) is 17.3 Å².